The predicted molar refractivity (Wildman–Crippen MR) is 80.2 cm³/mol. The second-order valence-corrected chi connectivity index (χ2v) is 11.9. The predicted octanol–water partition coefficient (Wildman–Crippen LogP) is 3.53. The lowest BCUT2D eigenvalue weighted by molar-refractivity contribution is -0.113. The van der Waals surface area contributed by atoms with Crippen molar-refractivity contribution in [3.05, 3.63) is 29.3 Å². The Morgan fingerprint density at radius 2 is 1.68 bits per heavy atom. The van der Waals surface area contributed by atoms with Gasteiger partial charge in [0.1, 0.15) is 0 Å². The minimum absolute atomic E-state index is 0.00936. The zero-order chi connectivity index (χ0) is 14.6. The van der Waals surface area contributed by atoms with Gasteiger partial charge in [-0.2, -0.15) is 0 Å². The van der Waals surface area contributed by atoms with E-state index in [1.54, 1.807) is 4.57 Å². The number of aryl methyl sites for hydroxylation is 1. The van der Waals surface area contributed by atoms with E-state index in [9.17, 15) is 9.59 Å². The second-order valence-electron chi connectivity index (χ2n) is 6.80. The van der Waals surface area contributed by atoms with E-state index < -0.39 is 8.24 Å². The summed E-state index contributed by atoms with van der Waals surface area (Å²) >= 11 is 0. The molecule has 1 aliphatic heterocycles. The van der Waals surface area contributed by atoms with Gasteiger partial charge in [0.05, 0.1) is 5.56 Å². The minimum atomic E-state index is -2.08. The van der Waals surface area contributed by atoms with Gasteiger partial charge in [0, 0.05) is 5.69 Å². The lowest BCUT2D eigenvalue weighted by atomic mass is 10.1. The summed E-state index contributed by atoms with van der Waals surface area (Å²) in [5, 5.41) is 0.00936. The Morgan fingerprint density at radius 3 is 2.21 bits per heavy atom. The molecule has 1 aromatic rings. The normalized spacial score (nSPS) is 16.0. The first-order chi connectivity index (χ1) is 8.57. The molecule has 0 N–H and O–H groups in total. The number of anilines is 1. The van der Waals surface area contributed by atoms with E-state index in [0.29, 0.717) is 5.56 Å². The first-order valence-electron chi connectivity index (χ1n) is 6.57. The molecule has 4 heteroatoms. The van der Waals surface area contributed by atoms with E-state index in [1.165, 1.54) is 0 Å². The first kappa shape index (κ1) is 14.0. The Hall–Kier alpha value is -1.42. The molecule has 0 atom stereocenters. The van der Waals surface area contributed by atoms with Crippen LogP contribution in [0.3, 0.4) is 0 Å². The molecule has 1 heterocycles. The highest BCUT2D eigenvalue weighted by molar-refractivity contribution is 6.90. The lowest BCUT2D eigenvalue weighted by Crippen LogP contribution is -2.57. The molecule has 2 rings (SSSR count). The highest BCUT2D eigenvalue weighted by Crippen LogP contribution is 2.44. The quantitative estimate of drug-likeness (QED) is 0.581. The third-order valence-corrected chi connectivity index (χ3v) is 9.66. The van der Waals surface area contributed by atoms with Crippen molar-refractivity contribution in [1.82, 2.24) is 0 Å². The van der Waals surface area contributed by atoms with Gasteiger partial charge < -0.3 is 4.57 Å². The van der Waals surface area contributed by atoms with Crippen LogP contribution in [0.5, 0.6) is 0 Å². The third kappa shape index (κ3) is 1.94. The number of amides is 1. The summed E-state index contributed by atoms with van der Waals surface area (Å²) in [6.07, 6.45) is 0. The molecule has 1 aromatic carbocycles. The van der Waals surface area contributed by atoms with Crippen LogP contribution in [0.1, 0.15) is 36.7 Å². The number of rotatable bonds is 1. The maximum atomic E-state index is 12.4. The standard InChI is InChI=1S/C15H21NO2Si/c1-10-7-8-12-11(9-10)13(17)14(18)16(12)19(5,6)15(2,3)4/h7-9H,1-6H3. The van der Waals surface area contributed by atoms with Crippen molar-refractivity contribution < 1.29 is 9.59 Å². The van der Waals surface area contributed by atoms with Crippen LogP contribution in [0.15, 0.2) is 18.2 Å². The maximum Gasteiger partial charge on any atom is 0.291 e. The van der Waals surface area contributed by atoms with Crippen molar-refractivity contribution in [3.63, 3.8) is 0 Å². The zero-order valence-electron chi connectivity index (χ0n) is 12.5. The third-order valence-electron chi connectivity index (χ3n) is 4.43. The molecule has 0 radical (unpaired) electrons. The highest BCUT2D eigenvalue weighted by atomic mass is 28.3. The number of nitrogens with zero attached hydrogens (tertiary/aromatic N) is 1. The topological polar surface area (TPSA) is 37.4 Å². The van der Waals surface area contributed by atoms with Crippen LogP contribution in [0.2, 0.25) is 18.1 Å². The average molecular weight is 275 g/mol. The summed E-state index contributed by atoms with van der Waals surface area (Å²) in [7, 11) is -2.08. The number of hydrogen-bond acceptors (Lipinski definition) is 2. The van der Waals surface area contributed by atoms with Crippen molar-refractivity contribution in [2.24, 2.45) is 0 Å². The molecule has 1 amide bonds. The summed E-state index contributed by atoms with van der Waals surface area (Å²) in [4.78, 5) is 24.5. The van der Waals surface area contributed by atoms with Crippen molar-refractivity contribution in [3.8, 4) is 0 Å². The van der Waals surface area contributed by atoms with Crippen molar-refractivity contribution >= 4 is 25.6 Å². The van der Waals surface area contributed by atoms with Crippen LogP contribution in [0.4, 0.5) is 5.69 Å². The Bertz CT molecular complexity index is 570. The fourth-order valence-corrected chi connectivity index (χ4v) is 4.32. The van der Waals surface area contributed by atoms with Crippen molar-refractivity contribution in [2.45, 2.75) is 45.8 Å². The molecule has 102 valence electrons. The van der Waals surface area contributed by atoms with Crippen LogP contribution < -0.4 is 4.57 Å². The Kier molecular flexibility index (Phi) is 2.97. The van der Waals surface area contributed by atoms with Gasteiger partial charge in [0.25, 0.3) is 11.7 Å². The fourth-order valence-electron chi connectivity index (χ4n) is 2.24. The number of benzene rings is 1. The monoisotopic (exact) mass is 275 g/mol. The van der Waals surface area contributed by atoms with E-state index >= 15 is 0 Å². The molecule has 3 nitrogen and oxygen atoms in total. The van der Waals surface area contributed by atoms with E-state index in [4.69, 9.17) is 0 Å². The molecular weight excluding hydrogens is 254 g/mol. The smallest absolute Gasteiger partial charge is 0.291 e. The van der Waals surface area contributed by atoms with Gasteiger partial charge in [-0.25, -0.2) is 0 Å². The summed E-state index contributed by atoms with van der Waals surface area (Å²) in [5.74, 6) is -0.712. The summed E-state index contributed by atoms with van der Waals surface area (Å²) in [6.45, 7) is 12.7. The van der Waals surface area contributed by atoms with Crippen LogP contribution in [-0.4, -0.2) is 19.9 Å². The first-order valence-corrected chi connectivity index (χ1v) is 9.51. The molecule has 0 fully saturated rings. The fraction of sp³-hybridized carbons (Fsp3) is 0.467. The number of ketones is 1. The van der Waals surface area contributed by atoms with Gasteiger partial charge in [-0.05, 0) is 24.1 Å². The van der Waals surface area contributed by atoms with Crippen LogP contribution >= 0.6 is 0 Å². The molecule has 0 aliphatic carbocycles. The SMILES string of the molecule is Cc1ccc2c(c1)C(=O)C(=O)N2[Si](C)(C)C(C)(C)C. The zero-order valence-corrected chi connectivity index (χ0v) is 13.5. The van der Waals surface area contributed by atoms with Gasteiger partial charge in [-0.3, -0.25) is 9.59 Å². The molecule has 0 bridgehead atoms. The van der Waals surface area contributed by atoms with Gasteiger partial charge in [-0.15, -0.1) is 0 Å². The highest BCUT2D eigenvalue weighted by Gasteiger charge is 2.50. The summed E-state index contributed by atoms with van der Waals surface area (Å²) in [5.41, 5.74) is 2.37. The van der Waals surface area contributed by atoms with E-state index in [-0.39, 0.29) is 16.7 Å². The van der Waals surface area contributed by atoms with Crippen LogP contribution in [0, 0.1) is 6.92 Å². The number of Topliss-reactive ketones (excluding diaryl/α,β-unsaturated/α-hetero) is 1. The van der Waals surface area contributed by atoms with Crippen molar-refractivity contribution in [1.29, 1.82) is 0 Å². The van der Waals surface area contributed by atoms with Gasteiger partial charge in [-0.1, -0.05) is 45.5 Å². The number of fused-ring (bicyclic) bond motifs is 1. The molecule has 0 unspecified atom stereocenters. The number of carbonyl (C=O) groups excluding carboxylic acids is 2. The molecule has 0 saturated carbocycles. The van der Waals surface area contributed by atoms with E-state index in [0.717, 1.165) is 11.3 Å². The Balaban J connectivity index is 2.63. The van der Waals surface area contributed by atoms with Gasteiger partial charge in [0.2, 0.25) is 0 Å². The largest absolute Gasteiger partial charge is 0.333 e. The van der Waals surface area contributed by atoms with Gasteiger partial charge >= 0.3 is 0 Å². The number of hydrogen-bond donors (Lipinski definition) is 0. The molecular formula is C15H21NO2Si. The summed E-state index contributed by atoms with van der Waals surface area (Å²) < 4.78 is 1.80. The van der Waals surface area contributed by atoms with E-state index in [2.05, 4.69) is 33.9 Å². The van der Waals surface area contributed by atoms with Crippen LogP contribution in [-0.2, 0) is 4.79 Å². The number of carbonyl (C=O) groups is 2. The van der Waals surface area contributed by atoms with Gasteiger partial charge in [0.15, 0.2) is 8.24 Å². The van der Waals surface area contributed by atoms with Crippen LogP contribution in [0.25, 0.3) is 0 Å². The Morgan fingerprint density at radius 1 is 1.11 bits per heavy atom. The molecule has 1 aliphatic rings. The average Bonchev–Trinajstić information content (AvgIpc) is 2.51. The molecule has 0 spiro atoms. The second kappa shape index (κ2) is 4.03. The summed E-state index contributed by atoms with van der Waals surface area (Å²) in [6, 6.07) is 5.70. The lowest BCUT2D eigenvalue weighted by Gasteiger charge is -2.43. The van der Waals surface area contributed by atoms with Crippen molar-refractivity contribution in [2.75, 3.05) is 4.57 Å². The molecule has 19 heavy (non-hydrogen) atoms. The molecule has 0 aromatic heterocycles. The molecule has 0 saturated heterocycles. The Labute approximate surface area is 115 Å². The maximum absolute atomic E-state index is 12.4. The van der Waals surface area contributed by atoms with E-state index in [1.807, 2.05) is 25.1 Å². The minimum Gasteiger partial charge on any atom is -0.333 e.